The number of halogens is 4. The van der Waals surface area contributed by atoms with E-state index in [0.717, 1.165) is 0 Å². The van der Waals surface area contributed by atoms with Gasteiger partial charge >= 0.3 is 0 Å². The van der Waals surface area contributed by atoms with Crippen molar-refractivity contribution >= 4 is 44.4 Å². The van der Waals surface area contributed by atoms with Gasteiger partial charge in [-0.1, -0.05) is 0 Å². The molecular weight excluding hydrogens is 373 g/mol. The van der Waals surface area contributed by atoms with Gasteiger partial charge in [0.2, 0.25) is 5.91 Å². The van der Waals surface area contributed by atoms with E-state index < -0.39 is 17.9 Å². The van der Waals surface area contributed by atoms with E-state index in [-0.39, 0.29) is 10.2 Å². The van der Waals surface area contributed by atoms with Gasteiger partial charge in [-0.25, -0.2) is 13.8 Å². The van der Waals surface area contributed by atoms with Crippen LogP contribution in [-0.2, 0) is 0 Å². The normalized spacial score (nSPS) is 10.6. The van der Waals surface area contributed by atoms with Crippen LogP contribution in [0.15, 0.2) is 10.7 Å². The first-order valence-corrected chi connectivity index (χ1v) is 5.24. The number of carbonyl (C=O) groups excluding carboxylic acids is 1. The Morgan fingerprint density at radius 2 is 2.21 bits per heavy atom. The van der Waals surface area contributed by atoms with Crippen molar-refractivity contribution in [3.05, 3.63) is 25.5 Å². The quantitative estimate of drug-likeness (QED) is 0.636. The van der Waals surface area contributed by atoms with Crippen LogP contribution in [0.4, 0.5) is 8.78 Å². The summed E-state index contributed by atoms with van der Waals surface area (Å²) in [5.41, 5.74) is 4.30. The average Bonchev–Trinajstić information content (AvgIpc) is 2.01. The van der Waals surface area contributed by atoms with Crippen LogP contribution in [0.3, 0.4) is 0 Å². The highest BCUT2D eigenvalue weighted by molar-refractivity contribution is 14.1. The van der Waals surface area contributed by atoms with Crippen LogP contribution in [0.25, 0.3) is 0 Å². The largest absolute Gasteiger partial charge is 0.366 e. The molecule has 0 unspecified atom stereocenters. The van der Waals surface area contributed by atoms with E-state index in [0.29, 0.717) is 3.70 Å². The summed E-state index contributed by atoms with van der Waals surface area (Å²) >= 11 is 4.67. The van der Waals surface area contributed by atoms with E-state index in [1.165, 1.54) is 6.07 Å². The van der Waals surface area contributed by atoms with E-state index >= 15 is 0 Å². The molecule has 0 spiro atoms. The van der Waals surface area contributed by atoms with Crippen LogP contribution in [0.1, 0.15) is 22.3 Å². The van der Waals surface area contributed by atoms with Crippen molar-refractivity contribution in [3.8, 4) is 0 Å². The standard InChI is InChI=1S/C7H4BrF2IN2O/c8-5-4(6(9)10)2(7(12)14)1-3(11)13-5/h1,6H,(H2,12,14). The van der Waals surface area contributed by atoms with Gasteiger partial charge in [-0.2, -0.15) is 0 Å². The van der Waals surface area contributed by atoms with Gasteiger partial charge in [-0.05, 0) is 44.6 Å². The zero-order valence-electron chi connectivity index (χ0n) is 6.60. The van der Waals surface area contributed by atoms with Crippen molar-refractivity contribution in [2.45, 2.75) is 6.43 Å². The summed E-state index contributed by atoms with van der Waals surface area (Å²) in [6.07, 6.45) is -2.78. The fraction of sp³-hybridized carbons (Fsp3) is 0.143. The van der Waals surface area contributed by atoms with E-state index in [1.807, 2.05) is 22.6 Å². The summed E-state index contributed by atoms with van der Waals surface area (Å²) in [5, 5.41) is 0. The Kier molecular flexibility index (Phi) is 3.76. The number of primary amides is 1. The van der Waals surface area contributed by atoms with Crippen molar-refractivity contribution in [3.63, 3.8) is 0 Å². The van der Waals surface area contributed by atoms with Crippen molar-refractivity contribution < 1.29 is 13.6 Å². The van der Waals surface area contributed by atoms with E-state index in [1.54, 1.807) is 0 Å². The molecule has 1 aromatic heterocycles. The van der Waals surface area contributed by atoms with Crippen LogP contribution in [0.5, 0.6) is 0 Å². The molecule has 76 valence electrons. The lowest BCUT2D eigenvalue weighted by atomic mass is 10.1. The summed E-state index contributed by atoms with van der Waals surface area (Å²) in [7, 11) is 0. The molecule has 7 heteroatoms. The van der Waals surface area contributed by atoms with Crippen LogP contribution in [0, 0.1) is 3.70 Å². The fourth-order valence-electron chi connectivity index (χ4n) is 0.906. The number of alkyl halides is 2. The number of carbonyl (C=O) groups is 1. The van der Waals surface area contributed by atoms with E-state index in [2.05, 4.69) is 20.9 Å². The number of hydrogen-bond acceptors (Lipinski definition) is 2. The number of nitrogens with two attached hydrogens (primary N) is 1. The third-order valence-corrected chi connectivity index (χ3v) is 2.62. The molecule has 0 saturated heterocycles. The number of pyridine rings is 1. The summed E-state index contributed by atoms with van der Waals surface area (Å²) in [6, 6.07) is 1.23. The molecular formula is C7H4BrF2IN2O. The predicted octanol–water partition coefficient (Wildman–Crippen LogP) is 2.49. The number of aromatic nitrogens is 1. The van der Waals surface area contributed by atoms with Crippen molar-refractivity contribution in [2.75, 3.05) is 0 Å². The van der Waals surface area contributed by atoms with Crippen LogP contribution >= 0.6 is 38.5 Å². The molecule has 0 saturated carbocycles. The number of hydrogen-bond donors (Lipinski definition) is 1. The number of nitrogens with zero attached hydrogens (tertiary/aromatic N) is 1. The van der Waals surface area contributed by atoms with E-state index in [4.69, 9.17) is 5.73 Å². The Bertz CT molecular complexity index is 386. The molecule has 1 rings (SSSR count). The summed E-state index contributed by atoms with van der Waals surface area (Å²) in [4.78, 5) is 14.6. The zero-order chi connectivity index (χ0) is 10.9. The summed E-state index contributed by atoms with van der Waals surface area (Å²) in [5.74, 6) is -0.888. The molecule has 0 radical (unpaired) electrons. The molecule has 1 heterocycles. The second-order valence-electron chi connectivity index (χ2n) is 2.36. The molecule has 0 bridgehead atoms. The SMILES string of the molecule is NC(=O)c1cc(I)nc(Br)c1C(F)F. The lowest BCUT2D eigenvalue weighted by molar-refractivity contribution is 0.0985. The minimum Gasteiger partial charge on any atom is -0.366 e. The van der Waals surface area contributed by atoms with Gasteiger partial charge in [0.15, 0.2) is 0 Å². The monoisotopic (exact) mass is 376 g/mol. The first kappa shape index (κ1) is 11.8. The zero-order valence-corrected chi connectivity index (χ0v) is 10.3. The van der Waals surface area contributed by atoms with Gasteiger partial charge < -0.3 is 5.73 Å². The lowest BCUT2D eigenvalue weighted by Gasteiger charge is -2.07. The van der Waals surface area contributed by atoms with Crippen LogP contribution < -0.4 is 5.73 Å². The topological polar surface area (TPSA) is 56.0 Å². The van der Waals surface area contributed by atoms with Gasteiger partial charge in [0.25, 0.3) is 6.43 Å². The molecule has 0 aliphatic carbocycles. The third-order valence-electron chi connectivity index (χ3n) is 1.46. The van der Waals surface area contributed by atoms with E-state index in [9.17, 15) is 13.6 Å². The highest BCUT2D eigenvalue weighted by atomic mass is 127. The number of rotatable bonds is 2. The second kappa shape index (κ2) is 4.47. The molecule has 0 aromatic carbocycles. The Morgan fingerprint density at radius 3 is 2.64 bits per heavy atom. The summed E-state index contributed by atoms with van der Waals surface area (Å²) < 4.78 is 25.4. The van der Waals surface area contributed by atoms with Crippen molar-refractivity contribution in [1.29, 1.82) is 0 Å². The van der Waals surface area contributed by atoms with Gasteiger partial charge in [0, 0.05) is 0 Å². The highest BCUT2D eigenvalue weighted by Gasteiger charge is 2.21. The predicted molar refractivity (Wildman–Crippen MR) is 58.1 cm³/mol. The van der Waals surface area contributed by atoms with Gasteiger partial charge in [0.1, 0.15) is 8.30 Å². The maximum Gasteiger partial charge on any atom is 0.267 e. The smallest absolute Gasteiger partial charge is 0.267 e. The molecule has 0 aliphatic rings. The van der Waals surface area contributed by atoms with Crippen LogP contribution in [0.2, 0.25) is 0 Å². The van der Waals surface area contributed by atoms with Gasteiger partial charge in [-0.15, -0.1) is 0 Å². The molecule has 0 atom stereocenters. The Balaban J connectivity index is 3.44. The first-order valence-electron chi connectivity index (χ1n) is 3.37. The molecule has 3 nitrogen and oxygen atoms in total. The second-order valence-corrected chi connectivity index (χ2v) is 4.22. The fourth-order valence-corrected chi connectivity index (χ4v) is 2.37. The Labute approximate surface area is 100 Å². The summed E-state index contributed by atoms with van der Waals surface area (Å²) in [6.45, 7) is 0. The minimum absolute atomic E-state index is 0.0480. The first-order chi connectivity index (χ1) is 6.43. The highest BCUT2D eigenvalue weighted by Crippen LogP contribution is 2.29. The van der Waals surface area contributed by atoms with Crippen molar-refractivity contribution in [2.24, 2.45) is 5.73 Å². The van der Waals surface area contributed by atoms with Gasteiger partial charge in [-0.3, -0.25) is 4.79 Å². The minimum atomic E-state index is -2.78. The molecule has 14 heavy (non-hydrogen) atoms. The molecule has 0 fully saturated rings. The van der Waals surface area contributed by atoms with Crippen molar-refractivity contribution in [1.82, 2.24) is 4.98 Å². The maximum absolute atomic E-state index is 12.5. The third kappa shape index (κ3) is 2.38. The molecule has 1 amide bonds. The average molecular weight is 377 g/mol. The Morgan fingerprint density at radius 1 is 1.64 bits per heavy atom. The Hall–Kier alpha value is -0.310. The molecule has 1 aromatic rings. The van der Waals surface area contributed by atoms with Crippen LogP contribution in [-0.4, -0.2) is 10.9 Å². The number of amides is 1. The molecule has 2 N–H and O–H groups in total. The molecule has 0 aliphatic heterocycles. The lowest BCUT2D eigenvalue weighted by Crippen LogP contribution is -2.15. The van der Waals surface area contributed by atoms with Gasteiger partial charge in [0.05, 0.1) is 11.1 Å². The maximum atomic E-state index is 12.5.